The van der Waals surface area contributed by atoms with Crippen LogP contribution in [0.4, 0.5) is 11.6 Å². The summed E-state index contributed by atoms with van der Waals surface area (Å²) in [5.41, 5.74) is 1.73. The van der Waals surface area contributed by atoms with Gasteiger partial charge in [-0.15, -0.1) is 0 Å². The number of anilines is 2. The van der Waals surface area contributed by atoms with Crippen molar-refractivity contribution in [2.45, 2.75) is 20.8 Å². The summed E-state index contributed by atoms with van der Waals surface area (Å²) in [5.74, 6) is 1.27. The number of hydrogen-bond donors (Lipinski definition) is 2. The summed E-state index contributed by atoms with van der Waals surface area (Å²) in [4.78, 5) is 15.4. The SMILES string of the molecule is CC(=O)Nc1cccc(-n2ccnc2NCC(C)C)c1. The lowest BCUT2D eigenvalue weighted by atomic mass is 10.2. The summed E-state index contributed by atoms with van der Waals surface area (Å²) in [5, 5.41) is 6.10. The van der Waals surface area contributed by atoms with Gasteiger partial charge in [0.05, 0.1) is 5.69 Å². The standard InChI is InChI=1S/C15H20N4O/c1-11(2)10-17-15-16-7-8-19(15)14-6-4-5-13(9-14)18-12(3)20/h4-9,11H,10H2,1-3H3,(H,16,17)(H,18,20). The van der Waals surface area contributed by atoms with Crippen molar-refractivity contribution in [3.63, 3.8) is 0 Å². The Hall–Kier alpha value is -2.30. The fourth-order valence-electron chi connectivity index (χ4n) is 1.87. The fraction of sp³-hybridized carbons (Fsp3) is 0.333. The van der Waals surface area contributed by atoms with Crippen LogP contribution < -0.4 is 10.6 Å². The molecule has 1 aromatic carbocycles. The number of aromatic nitrogens is 2. The highest BCUT2D eigenvalue weighted by Crippen LogP contribution is 2.18. The zero-order valence-electron chi connectivity index (χ0n) is 12.1. The van der Waals surface area contributed by atoms with Gasteiger partial charge in [0.2, 0.25) is 11.9 Å². The molecule has 0 fully saturated rings. The molecule has 0 saturated carbocycles. The molecule has 0 spiro atoms. The van der Waals surface area contributed by atoms with Crippen molar-refractivity contribution in [1.82, 2.24) is 9.55 Å². The Labute approximate surface area is 119 Å². The molecule has 20 heavy (non-hydrogen) atoms. The number of amides is 1. The van der Waals surface area contributed by atoms with Crippen LogP contribution >= 0.6 is 0 Å². The van der Waals surface area contributed by atoms with Gasteiger partial charge in [-0.2, -0.15) is 0 Å². The minimum Gasteiger partial charge on any atom is -0.355 e. The number of nitrogens with one attached hydrogen (secondary N) is 2. The number of benzene rings is 1. The molecule has 5 heteroatoms. The molecule has 2 aromatic rings. The molecule has 1 amide bonds. The monoisotopic (exact) mass is 272 g/mol. The first-order chi connectivity index (χ1) is 9.56. The first-order valence-electron chi connectivity index (χ1n) is 6.71. The van der Waals surface area contributed by atoms with Crippen molar-refractivity contribution in [1.29, 1.82) is 0 Å². The molecule has 106 valence electrons. The quantitative estimate of drug-likeness (QED) is 0.880. The predicted molar refractivity (Wildman–Crippen MR) is 81.2 cm³/mol. The molecule has 0 radical (unpaired) electrons. The molecule has 0 unspecified atom stereocenters. The van der Waals surface area contributed by atoms with Gasteiger partial charge in [0, 0.05) is 31.5 Å². The van der Waals surface area contributed by atoms with Crippen LogP contribution in [0.1, 0.15) is 20.8 Å². The van der Waals surface area contributed by atoms with Gasteiger partial charge in [0.25, 0.3) is 0 Å². The van der Waals surface area contributed by atoms with E-state index in [0.717, 1.165) is 23.9 Å². The number of carbonyl (C=O) groups is 1. The molecular formula is C15H20N4O. The molecule has 0 atom stereocenters. The van der Waals surface area contributed by atoms with E-state index in [1.54, 1.807) is 6.20 Å². The first-order valence-corrected chi connectivity index (χ1v) is 6.71. The van der Waals surface area contributed by atoms with Crippen LogP contribution in [0, 0.1) is 5.92 Å². The molecule has 2 rings (SSSR count). The van der Waals surface area contributed by atoms with Crippen LogP contribution in [0.2, 0.25) is 0 Å². The van der Waals surface area contributed by atoms with Crippen LogP contribution in [0.5, 0.6) is 0 Å². The Morgan fingerprint density at radius 1 is 1.40 bits per heavy atom. The van der Waals surface area contributed by atoms with Crippen LogP contribution in [-0.4, -0.2) is 22.0 Å². The van der Waals surface area contributed by atoms with E-state index in [0.29, 0.717) is 5.92 Å². The molecule has 0 bridgehead atoms. The minimum absolute atomic E-state index is 0.0778. The molecular weight excluding hydrogens is 252 g/mol. The predicted octanol–water partition coefficient (Wildman–Crippen LogP) is 2.90. The average Bonchev–Trinajstić information content (AvgIpc) is 2.84. The first kappa shape index (κ1) is 14.1. The van der Waals surface area contributed by atoms with E-state index >= 15 is 0 Å². The minimum atomic E-state index is -0.0778. The van der Waals surface area contributed by atoms with Crippen molar-refractivity contribution in [2.24, 2.45) is 5.92 Å². The third kappa shape index (κ3) is 3.60. The highest BCUT2D eigenvalue weighted by atomic mass is 16.1. The normalized spacial score (nSPS) is 10.6. The number of hydrogen-bond acceptors (Lipinski definition) is 3. The van der Waals surface area contributed by atoms with E-state index in [9.17, 15) is 4.79 Å². The van der Waals surface area contributed by atoms with Crippen molar-refractivity contribution in [3.8, 4) is 5.69 Å². The smallest absolute Gasteiger partial charge is 0.221 e. The molecule has 0 saturated heterocycles. The average molecular weight is 272 g/mol. The maximum absolute atomic E-state index is 11.1. The molecule has 0 aliphatic rings. The summed E-state index contributed by atoms with van der Waals surface area (Å²) in [6.45, 7) is 6.66. The Bertz CT molecular complexity index is 589. The summed E-state index contributed by atoms with van der Waals surface area (Å²) in [6, 6.07) is 7.67. The van der Waals surface area contributed by atoms with E-state index in [1.165, 1.54) is 6.92 Å². The number of carbonyl (C=O) groups excluding carboxylic acids is 1. The highest BCUT2D eigenvalue weighted by molar-refractivity contribution is 5.88. The highest BCUT2D eigenvalue weighted by Gasteiger charge is 2.06. The van der Waals surface area contributed by atoms with Crippen LogP contribution in [0.3, 0.4) is 0 Å². The van der Waals surface area contributed by atoms with E-state index in [2.05, 4.69) is 29.5 Å². The van der Waals surface area contributed by atoms with Crippen LogP contribution in [0.25, 0.3) is 5.69 Å². The van der Waals surface area contributed by atoms with Gasteiger partial charge in [-0.05, 0) is 24.1 Å². The Kier molecular flexibility index (Phi) is 4.40. The molecule has 2 N–H and O–H groups in total. The molecule has 5 nitrogen and oxygen atoms in total. The number of rotatable bonds is 5. The van der Waals surface area contributed by atoms with Gasteiger partial charge in [0.1, 0.15) is 0 Å². The van der Waals surface area contributed by atoms with Gasteiger partial charge in [-0.3, -0.25) is 9.36 Å². The van der Waals surface area contributed by atoms with Gasteiger partial charge >= 0.3 is 0 Å². The van der Waals surface area contributed by atoms with Gasteiger partial charge in [0.15, 0.2) is 0 Å². The third-order valence-corrected chi connectivity index (χ3v) is 2.75. The van der Waals surface area contributed by atoms with E-state index < -0.39 is 0 Å². The lowest BCUT2D eigenvalue weighted by molar-refractivity contribution is -0.114. The Balaban J connectivity index is 2.23. The largest absolute Gasteiger partial charge is 0.355 e. The van der Waals surface area contributed by atoms with Crippen molar-refractivity contribution in [3.05, 3.63) is 36.7 Å². The molecule has 0 aliphatic carbocycles. The molecule has 1 heterocycles. The Morgan fingerprint density at radius 2 is 2.20 bits per heavy atom. The zero-order valence-corrected chi connectivity index (χ0v) is 12.1. The summed E-state index contributed by atoms with van der Waals surface area (Å²) >= 11 is 0. The topological polar surface area (TPSA) is 59.0 Å². The van der Waals surface area contributed by atoms with E-state index in [1.807, 2.05) is 35.0 Å². The lowest BCUT2D eigenvalue weighted by Gasteiger charge is -2.12. The van der Waals surface area contributed by atoms with Crippen molar-refractivity contribution < 1.29 is 4.79 Å². The summed E-state index contributed by atoms with van der Waals surface area (Å²) < 4.78 is 1.97. The summed E-state index contributed by atoms with van der Waals surface area (Å²) in [6.07, 6.45) is 3.66. The van der Waals surface area contributed by atoms with Crippen LogP contribution in [0.15, 0.2) is 36.7 Å². The van der Waals surface area contributed by atoms with Crippen molar-refractivity contribution >= 4 is 17.5 Å². The second kappa shape index (κ2) is 6.23. The van der Waals surface area contributed by atoms with E-state index in [-0.39, 0.29) is 5.91 Å². The maximum Gasteiger partial charge on any atom is 0.221 e. The van der Waals surface area contributed by atoms with Crippen LogP contribution in [-0.2, 0) is 4.79 Å². The fourth-order valence-corrected chi connectivity index (χ4v) is 1.87. The van der Waals surface area contributed by atoms with Crippen molar-refractivity contribution in [2.75, 3.05) is 17.2 Å². The van der Waals surface area contributed by atoms with Gasteiger partial charge < -0.3 is 10.6 Å². The lowest BCUT2D eigenvalue weighted by Crippen LogP contribution is -2.12. The van der Waals surface area contributed by atoms with E-state index in [4.69, 9.17) is 0 Å². The van der Waals surface area contributed by atoms with Gasteiger partial charge in [-0.25, -0.2) is 4.98 Å². The number of nitrogens with zero attached hydrogens (tertiary/aromatic N) is 2. The summed E-state index contributed by atoms with van der Waals surface area (Å²) in [7, 11) is 0. The Morgan fingerprint density at radius 3 is 2.90 bits per heavy atom. The zero-order chi connectivity index (χ0) is 14.5. The maximum atomic E-state index is 11.1. The third-order valence-electron chi connectivity index (χ3n) is 2.75. The number of imidazole rings is 1. The second-order valence-electron chi connectivity index (χ2n) is 5.13. The molecule has 0 aliphatic heterocycles. The van der Waals surface area contributed by atoms with Gasteiger partial charge in [-0.1, -0.05) is 19.9 Å². The second-order valence-corrected chi connectivity index (χ2v) is 5.13. The molecule has 1 aromatic heterocycles.